The Morgan fingerprint density at radius 2 is 2.33 bits per heavy atom. The average Bonchev–Trinajstić information content (AvgIpc) is 2.03. The van der Waals surface area contributed by atoms with Crippen LogP contribution in [0.2, 0.25) is 0 Å². The Bertz CT molecular complexity index is 162. The first-order valence-corrected chi connectivity index (χ1v) is 4.62. The Balaban J connectivity index is 2.31. The molecule has 1 aliphatic rings. The number of amides is 1. The van der Waals surface area contributed by atoms with Crippen LogP contribution < -0.4 is 10.6 Å². The van der Waals surface area contributed by atoms with Crippen LogP contribution >= 0.6 is 0 Å². The fourth-order valence-electron chi connectivity index (χ4n) is 1.59. The standard InChI is InChI=1S/C9H18N2O/c1-8(12)10-7-9(2)5-3-4-6-11-9/h11H,3-7H2,1-2H3,(H,10,12). The van der Waals surface area contributed by atoms with Crippen LogP contribution in [-0.4, -0.2) is 24.5 Å². The van der Waals surface area contributed by atoms with Gasteiger partial charge in [-0.2, -0.15) is 0 Å². The average molecular weight is 170 g/mol. The zero-order valence-corrected chi connectivity index (χ0v) is 7.94. The topological polar surface area (TPSA) is 41.1 Å². The van der Waals surface area contributed by atoms with E-state index in [0.717, 1.165) is 19.5 Å². The molecule has 70 valence electrons. The summed E-state index contributed by atoms with van der Waals surface area (Å²) in [6.45, 7) is 5.56. The minimum Gasteiger partial charge on any atom is -0.355 e. The van der Waals surface area contributed by atoms with E-state index in [4.69, 9.17) is 0 Å². The molecule has 1 rings (SSSR count). The number of hydrogen-bond donors (Lipinski definition) is 2. The molecule has 0 saturated carbocycles. The number of nitrogens with one attached hydrogen (secondary N) is 2. The monoisotopic (exact) mass is 170 g/mol. The second-order valence-corrected chi connectivity index (χ2v) is 3.85. The minimum absolute atomic E-state index is 0.0589. The molecule has 1 fully saturated rings. The van der Waals surface area contributed by atoms with Crippen LogP contribution in [0, 0.1) is 0 Å². The number of carbonyl (C=O) groups is 1. The molecule has 1 atom stereocenters. The van der Waals surface area contributed by atoms with Crippen molar-refractivity contribution in [2.75, 3.05) is 13.1 Å². The third-order valence-corrected chi connectivity index (χ3v) is 2.43. The third-order valence-electron chi connectivity index (χ3n) is 2.43. The van der Waals surface area contributed by atoms with Crippen molar-refractivity contribution in [2.45, 2.75) is 38.6 Å². The molecule has 1 unspecified atom stereocenters. The molecular formula is C9H18N2O. The minimum atomic E-state index is 0.0589. The maximum Gasteiger partial charge on any atom is 0.216 e. The summed E-state index contributed by atoms with van der Waals surface area (Å²) in [6, 6.07) is 0. The zero-order valence-electron chi connectivity index (χ0n) is 7.94. The van der Waals surface area contributed by atoms with Crippen molar-refractivity contribution in [1.82, 2.24) is 10.6 Å². The normalized spacial score (nSPS) is 29.8. The second kappa shape index (κ2) is 3.90. The highest BCUT2D eigenvalue weighted by Gasteiger charge is 2.25. The fraction of sp³-hybridized carbons (Fsp3) is 0.889. The van der Waals surface area contributed by atoms with Crippen LogP contribution in [0.4, 0.5) is 0 Å². The summed E-state index contributed by atoms with van der Waals surface area (Å²) in [6.07, 6.45) is 3.69. The van der Waals surface area contributed by atoms with Gasteiger partial charge in [0.2, 0.25) is 5.91 Å². The van der Waals surface area contributed by atoms with Crippen molar-refractivity contribution < 1.29 is 4.79 Å². The molecule has 1 aliphatic heterocycles. The van der Waals surface area contributed by atoms with E-state index < -0.39 is 0 Å². The van der Waals surface area contributed by atoms with Crippen LogP contribution in [0.3, 0.4) is 0 Å². The predicted octanol–water partition coefficient (Wildman–Crippen LogP) is 0.655. The van der Waals surface area contributed by atoms with Gasteiger partial charge in [-0.25, -0.2) is 0 Å². The summed E-state index contributed by atoms with van der Waals surface area (Å²) in [5, 5.41) is 6.29. The molecule has 3 nitrogen and oxygen atoms in total. The fourth-order valence-corrected chi connectivity index (χ4v) is 1.59. The Morgan fingerprint density at radius 3 is 2.83 bits per heavy atom. The van der Waals surface area contributed by atoms with Crippen molar-refractivity contribution in [1.29, 1.82) is 0 Å². The molecular weight excluding hydrogens is 152 g/mol. The van der Waals surface area contributed by atoms with E-state index in [1.165, 1.54) is 12.8 Å². The van der Waals surface area contributed by atoms with Gasteiger partial charge >= 0.3 is 0 Å². The van der Waals surface area contributed by atoms with Crippen LogP contribution in [0.25, 0.3) is 0 Å². The molecule has 0 aromatic rings. The summed E-state index contributed by atoms with van der Waals surface area (Å²) >= 11 is 0. The summed E-state index contributed by atoms with van der Waals surface area (Å²) in [5.74, 6) is 0.0589. The lowest BCUT2D eigenvalue weighted by atomic mass is 9.91. The van der Waals surface area contributed by atoms with Gasteiger partial charge in [0.25, 0.3) is 0 Å². The molecule has 12 heavy (non-hydrogen) atoms. The van der Waals surface area contributed by atoms with E-state index >= 15 is 0 Å². The first-order valence-electron chi connectivity index (χ1n) is 4.62. The van der Waals surface area contributed by atoms with Gasteiger partial charge in [0.05, 0.1) is 0 Å². The van der Waals surface area contributed by atoms with E-state index in [0.29, 0.717) is 0 Å². The molecule has 0 spiro atoms. The van der Waals surface area contributed by atoms with Gasteiger partial charge in [-0.1, -0.05) is 6.42 Å². The molecule has 0 bridgehead atoms. The zero-order chi connectivity index (χ0) is 9.03. The summed E-state index contributed by atoms with van der Waals surface area (Å²) < 4.78 is 0. The first kappa shape index (κ1) is 9.52. The summed E-state index contributed by atoms with van der Waals surface area (Å²) in [7, 11) is 0. The largest absolute Gasteiger partial charge is 0.355 e. The molecule has 1 saturated heterocycles. The van der Waals surface area contributed by atoms with E-state index in [2.05, 4.69) is 17.6 Å². The Hall–Kier alpha value is -0.570. The molecule has 2 N–H and O–H groups in total. The first-order chi connectivity index (χ1) is 5.62. The number of rotatable bonds is 2. The number of hydrogen-bond acceptors (Lipinski definition) is 2. The van der Waals surface area contributed by atoms with Gasteiger partial charge in [0, 0.05) is 19.0 Å². The van der Waals surface area contributed by atoms with E-state index in [9.17, 15) is 4.79 Å². The quantitative estimate of drug-likeness (QED) is 0.639. The van der Waals surface area contributed by atoms with Crippen molar-refractivity contribution in [3.05, 3.63) is 0 Å². The van der Waals surface area contributed by atoms with Gasteiger partial charge < -0.3 is 10.6 Å². The van der Waals surface area contributed by atoms with E-state index in [1.807, 2.05) is 0 Å². The van der Waals surface area contributed by atoms with Gasteiger partial charge in [-0.15, -0.1) is 0 Å². The third kappa shape index (κ3) is 2.81. The highest BCUT2D eigenvalue weighted by atomic mass is 16.1. The molecule has 1 heterocycles. The maximum atomic E-state index is 10.7. The van der Waals surface area contributed by atoms with Crippen LogP contribution in [0.15, 0.2) is 0 Å². The lowest BCUT2D eigenvalue weighted by Crippen LogP contribution is -2.53. The highest BCUT2D eigenvalue weighted by Crippen LogP contribution is 2.17. The molecule has 3 heteroatoms. The predicted molar refractivity (Wildman–Crippen MR) is 48.9 cm³/mol. The molecule has 0 aliphatic carbocycles. The molecule has 0 radical (unpaired) electrons. The number of piperidine rings is 1. The van der Waals surface area contributed by atoms with Crippen LogP contribution in [-0.2, 0) is 4.79 Å². The van der Waals surface area contributed by atoms with Gasteiger partial charge in [-0.05, 0) is 26.3 Å². The SMILES string of the molecule is CC(=O)NCC1(C)CCCCN1. The lowest BCUT2D eigenvalue weighted by Gasteiger charge is -2.34. The molecule has 0 aromatic heterocycles. The molecule has 0 aromatic carbocycles. The summed E-state index contributed by atoms with van der Waals surface area (Å²) in [5.41, 5.74) is 0.129. The van der Waals surface area contributed by atoms with Gasteiger partial charge in [0.15, 0.2) is 0 Å². The maximum absolute atomic E-state index is 10.7. The van der Waals surface area contributed by atoms with Crippen LogP contribution in [0.5, 0.6) is 0 Å². The second-order valence-electron chi connectivity index (χ2n) is 3.85. The van der Waals surface area contributed by atoms with Crippen LogP contribution in [0.1, 0.15) is 33.1 Å². The highest BCUT2D eigenvalue weighted by molar-refractivity contribution is 5.72. The van der Waals surface area contributed by atoms with Crippen molar-refractivity contribution >= 4 is 5.91 Å². The molecule has 1 amide bonds. The van der Waals surface area contributed by atoms with Gasteiger partial charge in [-0.3, -0.25) is 4.79 Å². The van der Waals surface area contributed by atoms with Crippen molar-refractivity contribution in [3.8, 4) is 0 Å². The van der Waals surface area contributed by atoms with Crippen molar-refractivity contribution in [2.24, 2.45) is 0 Å². The Labute approximate surface area is 73.9 Å². The lowest BCUT2D eigenvalue weighted by molar-refractivity contribution is -0.119. The van der Waals surface area contributed by atoms with Gasteiger partial charge in [0.1, 0.15) is 0 Å². The van der Waals surface area contributed by atoms with E-state index in [1.54, 1.807) is 6.92 Å². The summed E-state index contributed by atoms with van der Waals surface area (Å²) in [4.78, 5) is 10.7. The van der Waals surface area contributed by atoms with Crippen molar-refractivity contribution in [3.63, 3.8) is 0 Å². The number of carbonyl (C=O) groups excluding carboxylic acids is 1. The smallest absolute Gasteiger partial charge is 0.216 e. The Kier molecular flexibility index (Phi) is 3.09. The van der Waals surface area contributed by atoms with E-state index in [-0.39, 0.29) is 11.4 Å². The Morgan fingerprint density at radius 1 is 1.58 bits per heavy atom.